The zero-order valence-corrected chi connectivity index (χ0v) is 30.5. The summed E-state index contributed by atoms with van der Waals surface area (Å²) in [6, 6.07) is 25.1. The van der Waals surface area contributed by atoms with Crippen LogP contribution in [0.3, 0.4) is 0 Å². The van der Waals surface area contributed by atoms with Gasteiger partial charge in [0.2, 0.25) is 0 Å². The fraction of sp³-hybridized carbons (Fsp3) is 0.0952. The van der Waals surface area contributed by atoms with E-state index >= 15 is 17.6 Å². The Morgan fingerprint density at radius 1 is 0.642 bits per heavy atom. The molecule has 0 amide bonds. The minimum Gasteiger partial charge on any atom is -0.494 e. The van der Waals surface area contributed by atoms with Crippen molar-refractivity contribution in [2.75, 3.05) is 6.61 Å². The van der Waals surface area contributed by atoms with Crippen LogP contribution >= 0.6 is 27.7 Å². The first-order valence-electron chi connectivity index (χ1n) is 16.9. The first-order chi connectivity index (χ1) is 25.7. The van der Waals surface area contributed by atoms with Crippen LogP contribution in [0.1, 0.15) is 42.5 Å². The lowest BCUT2D eigenvalue weighted by Gasteiger charge is -2.13. The summed E-state index contributed by atoms with van der Waals surface area (Å²) < 4.78 is 70.4. The van der Waals surface area contributed by atoms with E-state index in [4.69, 9.17) is 9.72 Å². The van der Waals surface area contributed by atoms with Gasteiger partial charge >= 0.3 is 0 Å². The Labute approximate surface area is 314 Å². The highest BCUT2D eigenvalue weighted by Gasteiger charge is 2.29. The molecule has 0 aliphatic carbocycles. The summed E-state index contributed by atoms with van der Waals surface area (Å²) in [6.45, 7) is 2.77. The second-order valence-corrected chi connectivity index (χ2v) is 14.4. The molecule has 0 saturated heterocycles. The average molecular weight is 794 g/mol. The van der Waals surface area contributed by atoms with Crippen molar-refractivity contribution < 1.29 is 22.3 Å². The fourth-order valence-electron chi connectivity index (χ4n) is 6.23. The van der Waals surface area contributed by atoms with Crippen LogP contribution in [0.25, 0.3) is 68.6 Å². The molecule has 6 aromatic rings. The van der Waals surface area contributed by atoms with E-state index in [9.17, 15) is 0 Å². The number of aromatic amines is 2. The largest absolute Gasteiger partial charge is 0.494 e. The third-order valence-corrected chi connectivity index (χ3v) is 10.4. The fourth-order valence-corrected chi connectivity index (χ4v) is 7.36. The average Bonchev–Trinajstić information content (AvgIpc) is 4.00. The molecule has 53 heavy (non-hydrogen) atoms. The molecule has 0 unspecified atom stereocenters. The Morgan fingerprint density at radius 3 is 1.79 bits per heavy atom. The number of fused-ring (bicyclic) bond motifs is 8. The van der Waals surface area contributed by atoms with Crippen molar-refractivity contribution in [3.63, 3.8) is 0 Å². The van der Waals surface area contributed by atoms with E-state index in [1.807, 2.05) is 48.6 Å². The van der Waals surface area contributed by atoms with E-state index in [-0.39, 0.29) is 16.8 Å². The van der Waals surface area contributed by atoms with Crippen molar-refractivity contribution >= 4 is 74.1 Å². The van der Waals surface area contributed by atoms with Crippen LogP contribution in [-0.2, 0) is 0 Å². The Hall–Kier alpha value is -5.39. The van der Waals surface area contributed by atoms with Gasteiger partial charge < -0.3 is 14.7 Å². The first-order valence-corrected chi connectivity index (χ1v) is 18.5. The number of hydrogen-bond acceptors (Lipinski definition) is 4. The molecule has 3 aromatic carbocycles. The number of unbranched alkanes of at least 4 members (excludes halogenated alkanes) is 1. The molecule has 0 atom stereocenters. The monoisotopic (exact) mass is 792 g/mol. The van der Waals surface area contributed by atoms with Crippen molar-refractivity contribution in [2.24, 2.45) is 0 Å². The maximum absolute atomic E-state index is 16.1. The maximum Gasteiger partial charge on any atom is 0.176 e. The second-order valence-electron chi connectivity index (χ2n) is 12.4. The minimum absolute atomic E-state index is 0.121. The van der Waals surface area contributed by atoms with Gasteiger partial charge in [-0.25, -0.2) is 27.5 Å². The number of ether oxygens (including phenoxy) is 1. The van der Waals surface area contributed by atoms with Gasteiger partial charge in [0, 0.05) is 42.6 Å². The molecule has 5 heterocycles. The van der Waals surface area contributed by atoms with Crippen LogP contribution in [0, 0.1) is 23.3 Å². The number of aromatic nitrogens is 4. The predicted octanol–water partition coefficient (Wildman–Crippen LogP) is 12.6. The molecular formula is C42H29BrF4N4OS. The van der Waals surface area contributed by atoms with Crippen molar-refractivity contribution in [3.05, 3.63) is 135 Å². The molecule has 3 aromatic heterocycles. The van der Waals surface area contributed by atoms with Crippen molar-refractivity contribution in [1.29, 1.82) is 0 Å². The number of benzene rings is 3. The quantitative estimate of drug-likeness (QED) is 0.0913. The zero-order valence-electron chi connectivity index (χ0n) is 28.1. The van der Waals surface area contributed by atoms with E-state index in [0.717, 1.165) is 45.4 Å². The van der Waals surface area contributed by atoms with Crippen LogP contribution in [-0.4, -0.2) is 26.5 Å². The van der Waals surface area contributed by atoms with Crippen molar-refractivity contribution in [3.8, 4) is 28.0 Å². The molecule has 2 aliphatic heterocycles. The van der Waals surface area contributed by atoms with Crippen LogP contribution in [0.4, 0.5) is 17.6 Å². The van der Waals surface area contributed by atoms with Crippen LogP contribution < -0.4 is 4.74 Å². The topological polar surface area (TPSA) is 66.6 Å². The van der Waals surface area contributed by atoms with Crippen molar-refractivity contribution in [2.45, 2.75) is 29.6 Å². The molecule has 0 fully saturated rings. The Balaban J connectivity index is 1.31. The second kappa shape index (κ2) is 14.6. The van der Waals surface area contributed by atoms with Gasteiger partial charge in [-0.2, -0.15) is 0 Å². The number of halogens is 5. The molecule has 2 N–H and O–H groups in total. The summed E-state index contributed by atoms with van der Waals surface area (Å²) >= 11 is 3.91. The number of rotatable bonds is 8. The zero-order chi connectivity index (χ0) is 36.6. The molecule has 8 bridgehead atoms. The summed E-state index contributed by atoms with van der Waals surface area (Å²) in [5.41, 5.74) is 5.02. The van der Waals surface area contributed by atoms with Gasteiger partial charge in [-0.1, -0.05) is 53.2 Å². The van der Waals surface area contributed by atoms with Crippen LogP contribution in [0.5, 0.6) is 5.75 Å². The lowest BCUT2D eigenvalue weighted by atomic mass is 10.0. The van der Waals surface area contributed by atoms with Crippen LogP contribution in [0.2, 0.25) is 0 Å². The first kappa shape index (κ1) is 34.7. The normalized spacial score (nSPS) is 12.1. The van der Waals surface area contributed by atoms with Gasteiger partial charge in [0.1, 0.15) is 5.75 Å². The van der Waals surface area contributed by atoms with E-state index in [1.54, 1.807) is 60.7 Å². The maximum atomic E-state index is 16.1. The molecule has 5 nitrogen and oxygen atoms in total. The SMILES string of the molecule is CCCCOc1ccc(-c2c3nc(cc4ccc([nH]4)c(-c4c(F)c(F)c(Sc5ccc(Br)cc5)c(F)c4F)c4nc(cc5ccc2[nH]5)C=C4)C=C3)cc1. The highest BCUT2D eigenvalue weighted by Crippen LogP contribution is 2.42. The van der Waals surface area contributed by atoms with E-state index in [1.165, 1.54) is 0 Å². The van der Waals surface area contributed by atoms with Gasteiger partial charge in [0.25, 0.3) is 0 Å². The number of nitrogens with one attached hydrogen (secondary N) is 2. The van der Waals surface area contributed by atoms with Gasteiger partial charge in [-0.05, 0) is 109 Å². The lowest BCUT2D eigenvalue weighted by molar-refractivity contribution is 0.309. The van der Waals surface area contributed by atoms with E-state index < -0.39 is 33.7 Å². The molecule has 11 heteroatoms. The molecule has 2 aliphatic rings. The third kappa shape index (κ3) is 6.94. The molecule has 0 saturated carbocycles. The summed E-state index contributed by atoms with van der Waals surface area (Å²) in [6.07, 6.45) is 9.06. The lowest BCUT2D eigenvalue weighted by Crippen LogP contribution is -2.04. The summed E-state index contributed by atoms with van der Waals surface area (Å²) in [5, 5.41) is 0. The molecule has 0 radical (unpaired) electrons. The standard InChI is InChI=1S/C42H29BrF4N4OS/c1-2-3-20-52-29-12-4-23(5-13-29)35-31-16-8-25(48-31)21-27-10-18-33(50-27)36(34-19-11-28(51-34)22-26-9-17-32(35)49-26)37-38(44)40(46)42(41(47)39(37)45)53-30-14-6-24(43)7-15-30/h4-19,21-22,48,51H,2-3,20H2,1H3. The van der Waals surface area contributed by atoms with Gasteiger partial charge in [-0.3, -0.25) is 0 Å². The minimum atomic E-state index is -1.53. The Morgan fingerprint density at radius 2 is 1.21 bits per heavy atom. The highest BCUT2D eigenvalue weighted by atomic mass is 79.9. The number of hydrogen-bond donors (Lipinski definition) is 2. The van der Waals surface area contributed by atoms with E-state index in [0.29, 0.717) is 45.7 Å². The van der Waals surface area contributed by atoms with Crippen molar-refractivity contribution in [1.82, 2.24) is 19.9 Å². The van der Waals surface area contributed by atoms with Crippen LogP contribution in [0.15, 0.2) is 99.2 Å². The molecule has 8 rings (SSSR count). The Kier molecular flexibility index (Phi) is 9.53. The van der Waals surface area contributed by atoms with Gasteiger partial charge in [0.05, 0.1) is 39.8 Å². The molecular weight excluding hydrogens is 764 g/mol. The molecule has 264 valence electrons. The number of nitrogens with zero attached hydrogens (tertiary/aromatic N) is 2. The summed E-state index contributed by atoms with van der Waals surface area (Å²) in [5.74, 6) is -5.26. The Bertz CT molecular complexity index is 2590. The third-order valence-electron chi connectivity index (χ3n) is 8.81. The summed E-state index contributed by atoms with van der Waals surface area (Å²) in [4.78, 5) is 15.8. The smallest absolute Gasteiger partial charge is 0.176 e. The predicted molar refractivity (Wildman–Crippen MR) is 208 cm³/mol. The summed E-state index contributed by atoms with van der Waals surface area (Å²) in [7, 11) is 0. The highest BCUT2D eigenvalue weighted by molar-refractivity contribution is 9.10. The van der Waals surface area contributed by atoms with E-state index in [2.05, 4.69) is 37.8 Å². The molecule has 0 spiro atoms. The van der Waals surface area contributed by atoms with Gasteiger partial charge in [0.15, 0.2) is 23.3 Å². The number of H-pyrrole nitrogens is 2. The van der Waals surface area contributed by atoms with Gasteiger partial charge in [-0.15, -0.1) is 0 Å².